The first-order chi connectivity index (χ1) is 8.04. The lowest BCUT2D eigenvalue weighted by atomic mass is 10.1. The number of carbonyl (C=O) groups excluding carboxylic acids is 1. The predicted molar refractivity (Wildman–Crippen MR) is 60.4 cm³/mol. The molecular weight excluding hydrogens is 246 g/mol. The number of amides is 1. The van der Waals surface area contributed by atoms with Crippen molar-refractivity contribution in [3.05, 3.63) is 0 Å². The van der Waals surface area contributed by atoms with Gasteiger partial charge >= 0.3 is 6.09 Å². The number of sulfone groups is 1. The molecular formula is C10H17NO5S. The molecule has 2 rings (SSSR count). The van der Waals surface area contributed by atoms with Crippen LogP contribution in [0.15, 0.2) is 0 Å². The molecule has 0 aliphatic carbocycles. The van der Waals surface area contributed by atoms with Gasteiger partial charge in [-0.1, -0.05) is 6.42 Å². The molecule has 2 unspecified atom stereocenters. The molecule has 0 aromatic carbocycles. The largest absolute Gasteiger partial charge is 0.447 e. The molecule has 1 amide bonds. The molecule has 2 aliphatic heterocycles. The van der Waals surface area contributed by atoms with Crippen LogP contribution >= 0.6 is 0 Å². The van der Waals surface area contributed by atoms with Crippen molar-refractivity contribution in [1.82, 2.24) is 4.90 Å². The summed E-state index contributed by atoms with van der Waals surface area (Å²) in [5.41, 5.74) is 0. The first-order valence-electron chi connectivity index (χ1n) is 5.80. The molecule has 2 fully saturated rings. The minimum Gasteiger partial charge on any atom is -0.447 e. The number of aliphatic hydroxyl groups is 1. The van der Waals surface area contributed by atoms with Crippen molar-refractivity contribution in [1.29, 1.82) is 0 Å². The second-order valence-electron chi connectivity index (χ2n) is 4.55. The van der Waals surface area contributed by atoms with E-state index < -0.39 is 27.2 Å². The summed E-state index contributed by atoms with van der Waals surface area (Å²) in [6.07, 6.45) is 1.64. The predicted octanol–water partition coefficient (Wildman–Crippen LogP) is -0.233. The van der Waals surface area contributed by atoms with Gasteiger partial charge in [-0.3, -0.25) is 4.90 Å². The van der Waals surface area contributed by atoms with Crippen molar-refractivity contribution >= 4 is 15.9 Å². The van der Waals surface area contributed by atoms with E-state index in [4.69, 9.17) is 9.84 Å². The van der Waals surface area contributed by atoms with E-state index in [1.54, 1.807) is 0 Å². The third-order valence-corrected chi connectivity index (χ3v) is 5.66. The van der Waals surface area contributed by atoms with Crippen LogP contribution in [-0.2, 0) is 14.6 Å². The third kappa shape index (κ3) is 2.55. The highest BCUT2D eigenvalue weighted by Crippen LogP contribution is 2.23. The second-order valence-corrected chi connectivity index (χ2v) is 6.95. The molecule has 1 N–H and O–H groups in total. The van der Waals surface area contributed by atoms with Crippen molar-refractivity contribution in [2.75, 3.05) is 25.5 Å². The fraction of sp³-hybridized carbons (Fsp3) is 0.900. The summed E-state index contributed by atoms with van der Waals surface area (Å²) in [5.74, 6) is 0.199. The van der Waals surface area contributed by atoms with E-state index in [9.17, 15) is 13.2 Å². The molecule has 17 heavy (non-hydrogen) atoms. The van der Waals surface area contributed by atoms with Crippen LogP contribution in [0.5, 0.6) is 0 Å². The van der Waals surface area contributed by atoms with Crippen LogP contribution in [0, 0.1) is 0 Å². The van der Waals surface area contributed by atoms with E-state index in [-0.39, 0.29) is 25.5 Å². The van der Waals surface area contributed by atoms with E-state index in [0.717, 1.165) is 6.42 Å². The lowest BCUT2D eigenvalue weighted by molar-refractivity contribution is 0.152. The lowest BCUT2D eigenvalue weighted by Crippen LogP contribution is -2.45. The van der Waals surface area contributed by atoms with Gasteiger partial charge in [0.2, 0.25) is 0 Å². The summed E-state index contributed by atoms with van der Waals surface area (Å²) >= 11 is 0. The SMILES string of the molecule is O=C1OCC(CO)N1CC1CCCCS1(=O)=O. The second kappa shape index (κ2) is 4.81. The Morgan fingerprint density at radius 2 is 2.18 bits per heavy atom. The van der Waals surface area contributed by atoms with Crippen LogP contribution in [0.3, 0.4) is 0 Å². The number of rotatable bonds is 3. The van der Waals surface area contributed by atoms with E-state index in [2.05, 4.69) is 0 Å². The molecule has 0 saturated carbocycles. The molecule has 0 spiro atoms. The van der Waals surface area contributed by atoms with Gasteiger partial charge in [0, 0.05) is 6.54 Å². The summed E-state index contributed by atoms with van der Waals surface area (Å²) in [7, 11) is -3.10. The van der Waals surface area contributed by atoms with Crippen LogP contribution in [-0.4, -0.2) is 61.3 Å². The molecule has 2 heterocycles. The van der Waals surface area contributed by atoms with Crippen molar-refractivity contribution < 1.29 is 23.1 Å². The van der Waals surface area contributed by atoms with Gasteiger partial charge in [-0.05, 0) is 12.8 Å². The molecule has 2 saturated heterocycles. The van der Waals surface area contributed by atoms with Gasteiger partial charge in [0.15, 0.2) is 9.84 Å². The molecule has 0 radical (unpaired) electrons. The average Bonchev–Trinajstić information content (AvgIpc) is 2.63. The zero-order valence-corrected chi connectivity index (χ0v) is 10.4. The maximum Gasteiger partial charge on any atom is 0.410 e. The van der Waals surface area contributed by atoms with Crippen molar-refractivity contribution in [3.63, 3.8) is 0 Å². The van der Waals surface area contributed by atoms with Gasteiger partial charge in [-0.2, -0.15) is 0 Å². The summed E-state index contributed by atoms with van der Waals surface area (Å²) in [4.78, 5) is 12.8. The lowest BCUT2D eigenvalue weighted by Gasteiger charge is -2.28. The molecule has 0 bridgehead atoms. The molecule has 2 atom stereocenters. The van der Waals surface area contributed by atoms with Crippen molar-refractivity contribution in [2.45, 2.75) is 30.6 Å². The fourth-order valence-corrected chi connectivity index (χ4v) is 4.16. The van der Waals surface area contributed by atoms with Crippen molar-refractivity contribution in [3.8, 4) is 0 Å². The Bertz CT molecular complexity index is 394. The Kier molecular flexibility index (Phi) is 3.58. The number of cyclic esters (lactones) is 1. The minimum absolute atomic E-state index is 0.141. The quantitative estimate of drug-likeness (QED) is 0.760. The highest BCUT2D eigenvalue weighted by atomic mass is 32.2. The van der Waals surface area contributed by atoms with E-state index in [0.29, 0.717) is 12.8 Å². The average molecular weight is 263 g/mol. The van der Waals surface area contributed by atoms with Crippen LogP contribution < -0.4 is 0 Å². The standard InChI is InChI=1S/C10H17NO5S/c12-6-8-7-16-10(13)11(8)5-9-3-1-2-4-17(9,14)15/h8-9,12H,1-7H2. The highest BCUT2D eigenvalue weighted by molar-refractivity contribution is 7.92. The fourth-order valence-electron chi connectivity index (χ4n) is 2.31. The molecule has 2 aliphatic rings. The molecule has 6 nitrogen and oxygen atoms in total. The Hall–Kier alpha value is -0.820. The van der Waals surface area contributed by atoms with Gasteiger partial charge < -0.3 is 9.84 Å². The maximum atomic E-state index is 11.8. The normalized spacial score (nSPS) is 32.5. The molecule has 0 aromatic rings. The Morgan fingerprint density at radius 3 is 2.82 bits per heavy atom. The van der Waals surface area contributed by atoms with Gasteiger partial charge in [0.05, 0.1) is 23.7 Å². The Balaban J connectivity index is 2.06. The number of hydrogen-bond acceptors (Lipinski definition) is 5. The van der Waals surface area contributed by atoms with Crippen molar-refractivity contribution in [2.24, 2.45) is 0 Å². The van der Waals surface area contributed by atoms with Crippen LogP contribution in [0.4, 0.5) is 4.79 Å². The zero-order valence-electron chi connectivity index (χ0n) is 9.54. The summed E-state index contributed by atoms with van der Waals surface area (Å²) in [6.45, 7) is 0.0903. The minimum atomic E-state index is -3.10. The zero-order chi connectivity index (χ0) is 12.5. The topological polar surface area (TPSA) is 83.9 Å². The number of ether oxygens (including phenoxy) is 1. The van der Waals surface area contributed by atoms with Gasteiger partial charge in [-0.15, -0.1) is 0 Å². The monoisotopic (exact) mass is 263 g/mol. The third-order valence-electron chi connectivity index (χ3n) is 3.40. The number of aliphatic hydroxyl groups excluding tert-OH is 1. The van der Waals surface area contributed by atoms with E-state index in [1.807, 2.05) is 0 Å². The van der Waals surface area contributed by atoms with Gasteiger partial charge in [-0.25, -0.2) is 13.2 Å². The van der Waals surface area contributed by atoms with Crippen LogP contribution in [0.2, 0.25) is 0 Å². The smallest absolute Gasteiger partial charge is 0.410 e. The summed E-state index contributed by atoms with van der Waals surface area (Å²) in [5, 5.41) is 8.59. The van der Waals surface area contributed by atoms with E-state index >= 15 is 0 Å². The summed E-state index contributed by atoms with van der Waals surface area (Å²) in [6, 6.07) is -0.403. The molecule has 0 aromatic heterocycles. The first kappa shape index (κ1) is 12.6. The maximum absolute atomic E-state index is 11.8. The molecule has 98 valence electrons. The van der Waals surface area contributed by atoms with Crippen LogP contribution in [0.25, 0.3) is 0 Å². The Labute approximate surface area is 100 Å². The van der Waals surface area contributed by atoms with E-state index in [1.165, 1.54) is 4.90 Å². The van der Waals surface area contributed by atoms with Crippen LogP contribution in [0.1, 0.15) is 19.3 Å². The first-order valence-corrected chi connectivity index (χ1v) is 7.52. The van der Waals surface area contributed by atoms with Gasteiger partial charge in [0.25, 0.3) is 0 Å². The number of nitrogens with zero attached hydrogens (tertiary/aromatic N) is 1. The molecule has 7 heteroatoms. The highest BCUT2D eigenvalue weighted by Gasteiger charge is 2.38. The number of carbonyl (C=O) groups is 1. The summed E-state index contributed by atoms with van der Waals surface area (Å²) < 4.78 is 28.5. The van der Waals surface area contributed by atoms with Gasteiger partial charge in [0.1, 0.15) is 6.61 Å². The number of hydrogen-bond donors (Lipinski definition) is 1. The Morgan fingerprint density at radius 1 is 1.41 bits per heavy atom.